The summed E-state index contributed by atoms with van der Waals surface area (Å²) in [6, 6.07) is 12.2. The Kier molecular flexibility index (Phi) is 7.45. The van der Waals surface area contributed by atoms with Crippen molar-refractivity contribution in [1.82, 2.24) is 0 Å². The Morgan fingerprint density at radius 1 is 1.29 bits per heavy atom. The molecule has 1 unspecified atom stereocenters. The van der Waals surface area contributed by atoms with Crippen molar-refractivity contribution in [2.24, 2.45) is 5.73 Å². The number of ether oxygens (including phenoxy) is 1. The van der Waals surface area contributed by atoms with E-state index in [0.29, 0.717) is 6.54 Å². The van der Waals surface area contributed by atoms with Crippen LogP contribution < -0.4 is 10.5 Å². The predicted octanol–water partition coefficient (Wildman–Crippen LogP) is 3.32. The number of aliphatic carboxylic acids is 1. The number of nitrogens with two attached hydrogens (primary N) is 1. The molecule has 0 aliphatic rings. The van der Waals surface area contributed by atoms with Crippen LogP contribution in [0.3, 0.4) is 0 Å². The van der Waals surface area contributed by atoms with Crippen molar-refractivity contribution in [3.05, 3.63) is 42.0 Å². The van der Waals surface area contributed by atoms with Crippen molar-refractivity contribution >= 4 is 23.0 Å². The van der Waals surface area contributed by atoms with Gasteiger partial charge in [0.1, 0.15) is 25.6 Å². The molecule has 0 radical (unpaired) electrons. The van der Waals surface area contributed by atoms with E-state index in [1.165, 1.54) is 5.56 Å². The van der Waals surface area contributed by atoms with Crippen LogP contribution in [0.25, 0.3) is 10.8 Å². The summed E-state index contributed by atoms with van der Waals surface area (Å²) in [6.45, 7) is 0.469. The van der Waals surface area contributed by atoms with Crippen LogP contribution >= 0.6 is 0 Å². The lowest BCUT2D eigenvalue weighted by Gasteiger charge is -2.22. The van der Waals surface area contributed by atoms with E-state index in [1.54, 1.807) is 7.11 Å². The quantitative estimate of drug-likeness (QED) is 0.480. The molecule has 0 aromatic heterocycles. The van der Waals surface area contributed by atoms with Crippen molar-refractivity contribution < 1.29 is 28.0 Å². The zero-order valence-corrected chi connectivity index (χ0v) is 16.2. The molecule has 7 heteroatoms. The average molecular weight is 393 g/mol. The van der Waals surface area contributed by atoms with E-state index >= 15 is 0 Å². The van der Waals surface area contributed by atoms with Gasteiger partial charge < -0.3 is 15.6 Å². The van der Waals surface area contributed by atoms with Crippen LogP contribution in [0.5, 0.6) is 5.75 Å². The van der Waals surface area contributed by atoms with E-state index in [4.69, 9.17) is 15.6 Å². The van der Waals surface area contributed by atoms with Gasteiger partial charge in [-0.3, -0.25) is 0 Å². The molecule has 0 aliphatic carbocycles. The fourth-order valence-corrected chi connectivity index (χ4v) is 3.03. The molecule has 2 aromatic rings. The highest BCUT2D eigenvalue weighted by atomic mass is 19.3. The zero-order valence-electron chi connectivity index (χ0n) is 16.2. The van der Waals surface area contributed by atoms with Gasteiger partial charge in [0.05, 0.1) is 7.11 Å². The number of alkyl halides is 2. The molecule has 0 spiro atoms. The molecule has 5 nitrogen and oxygen atoms in total. The van der Waals surface area contributed by atoms with Crippen LogP contribution in [0, 0.1) is 0 Å². The summed E-state index contributed by atoms with van der Waals surface area (Å²) in [5.74, 6) is -0.838. The molecular formula is C21H27F2N2O3+. The molecule has 0 saturated heterocycles. The largest absolute Gasteiger partial charge is 0.497 e. The molecule has 0 bridgehead atoms. The molecule has 3 N–H and O–H groups in total. The zero-order chi connectivity index (χ0) is 20.7. The lowest BCUT2D eigenvalue weighted by atomic mass is 9.95. The topological polar surface area (TPSA) is 75.6 Å². The summed E-state index contributed by atoms with van der Waals surface area (Å²) in [6.07, 6.45) is 0.537. The first kappa shape index (κ1) is 21.8. The molecule has 0 aliphatic heterocycles. The minimum Gasteiger partial charge on any atom is -0.497 e. The second-order valence-electron chi connectivity index (χ2n) is 7.00. The number of methoxy groups -OCH3 is 1. The molecule has 2 aromatic carbocycles. The van der Waals surface area contributed by atoms with Crippen molar-refractivity contribution in [3.63, 3.8) is 0 Å². The Morgan fingerprint density at radius 2 is 1.96 bits per heavy atom. The van der Waals surface area contributed by atoms with Gasteiger partial charge in [-0.15, -0.1) is 0 Å². The minimum atomic E-state index is -3.09. The highest BCUT2D eigenvalue weighted by Crippen LogP contribution is 2.22. The summed E-state index contributed by atoms with van der Waals surface area (Å²) < 4.78 is 32.9. The summed E-state index contributed by atoms with van der Waals surface area (Å²) in [4.78, 5) is 11.0. The van der Waals surface area contributed by atoms with Gasteiger partial charge in [-0.1, -0.05) is 24.3 Å². The number of nitrogens with zero attached hydrogens (tertiary/aromatic N) is 1. The van der Waals surface area contributed by atoms with Crippen LogP contribution in [0.15, 0.2) is 36.4 Å². The number of carbonyl (C=O) groups is 1. The SMILES string of the molecule is COc1ccc2cc(CCC=[N+](C)CCCC(N)(C(=O)O)C(F)F)ccc2c1. The van der Waals surface area contributed by atoms with Crippen molar-refractivity contribution in [2.45, 2.75) is 37.6 Å². The van der Waals surface area contributed by atoms with E-state index in [9.17, 15) is 13.6 Å². The van der Waals surface area contributed by atoms with Crippen LogP contribution in [0.2, 0.25) is 0 Å². The smallest absolute Gasteiger partial charge is 0.329 e. The second kappa shape index (κ2) is 9.59. The number of hydrogen-bond donors (Lipinski definition) is 2. The van der Waals surface area contributed by atoms with E-state index in [1.807, 2.05) is 36.0 Å². The highest BCUT2D eigenvalue weighted by Gasteiger charge is 2.43. The second-order valence-corrected chi connectivity index (χ2v) is 7.00. The van der Waals surface area contributed by atoms with Gasteiger partial charge in [0.15, 0.2) is 5.54 Å². The maximum Gasteiger partial charge on any atom is 0.329 e. The third kappa shape index (κ3) is 5.48. The number of carboxylic acids is 1. The third-order valence-electron chi connectivity index (χ3n) is 4.87. The maximum absolute atomic E-state index is 12.9. The third-order valence-corrected chi connectivity index (χ3v) is 4.87. The molecular weight excluding hydrogens is 366 g/mol. The summed E-state index contributed by atoms with van der Waals surface area (Å²) in [7, 11) is 3.48. The van der Waals surface area contributed by atoms with E-state index < -0.39 is 17.9 Å². The van der Waals surface area contributed by atoms with Crippen LogP contribution in [-0.4, -0.2) is 54.5 Å². The number of benzene rings is 2. The molecule has 0 amide bonds. The molecule has 1 atom stereocenters. The first-order valence-electron chi connectivity index (χ1n) is 9.17. The fraction of sp³-hybridized carbons (Fsp3) is 0.429. The van der Waals surface area contributed by atoms with Gasteiger partial charge in [0.2, 0.25) is 0 Å². The van der Waals surface area contributed by atoms with Crippen molar-refractivity contribution in [2.75, 3.05) is 20.7 Å². The minimum absolute atomic E-state index is 0.272. The van der Waals surface area contributed by atoms with E-state index in [-0.39, 0.29) is 12.8 Å². The van der Waals surface area contributed by atoms with Gasteiger partial charge in [-0.25, -0.2) is 18.2 Å². The predicted molar refractivity (Wildman–Crippen MR) is 106 cm³/mol. The number of halogens is 2. The summed E-state index contributed by atoms with van der Waals surface area (Å²) >= 11 is 0. The number of rotatable bonds is 10. The fourth-order valence-electron chi connectivity index (χ4n) is 3.03. The molecule has 2 rings (SSSR count). The van der Waals surface area contributed by atoms with Gasteiger partial charge in [-0.05, 0) is 41.3 Å². The van der Waals surface area contributed by atoms with Gasteiger partial charge in [0, 0.05) is 12.8 Å². The Balaban J connectivity index is 1.86. The first-order valence-corrected chi connectivity index (χ1v) is 9.17. The lowest BCUT2D eigenvalue weighted by Crippen LogP contribution is -2.54. The van der Waals surface area contributed by atoms with Gasteiger partial charge in [0.25, 0.3) is 6.43 Å². The summed E-state index contributed by atoms with van der Waals surface area (Å²) in [5, 5.41) is 11.2. The summed E-state index contributed by atoms with van der Waals surface area (Å²) in [5.41, 5.74) is 4.05. The standard InChI is InChI=1S/C21H26F2N2O3/c1-25(12-4-10-21(24,19(22)23)20(26)27)11-3-5-15-6-7-17-14-18(28-2)9-8-16(17)13-15/h6-9,11,13-14,19H,3-5,10,12,24H2,1-2H3/p+1. The number of aryl methyl sites for hydroxylation is 1. The number of hydrogen-bond acceptors (Lipinski definition) is 3. The number of carboxylic acid groups (broad SMARTS) is 1. The Morgan fingerprint density at radius 3 is 2.61 bits per heavy atom. The first-order chi connectivity index (χ1) is 13.3. The number of fused-ring (bicyclic) bond motifs is 1. The van der Waals surface area contributed by atoms with Gasteiger partial charge in [-0.2, -0.15) is 0 Å². The van der Waals surface area contributed by atoms with Crippen molar-refractivity contribution in [1.29, 1.82) is 0 Å². The molecule has 28 heavy (non-hydrogen) atoms. The monoisotopic (exact) mass is 393 g/mol. The Labute approximate surface area is 163 Å². The average Bonchev–Trinajstić information content (AvgIpc) is 2.67. The van der Waals surface area contributed by atoms with E-state index in [2.05, 4.69) is 18.2 Å². The lowest BCUT2D eigenvalue weighted by molar-refractivity contribution is -0.494. The Hall–Kier alpha value is -2.54. The molecule has 0 saturated carbocycles. The normalized spacial score (nSPS) is 14.3. The van der Waals surface area contributed by atoms with Crippen LogP contribution in [0.4, 0.5) is 8.78 Å². The highest BCUT2D eigenvalue weighted by molar-refractivity contribution is 5.84. The molecule has 0 fully saturated rings. The van der Waals surface area contributed by atoms with Crippen molar-refractivity contribution in [3.8, 4) is 5.75 Å². The van der Waals surface area contributed by atoms with E-state index in [0.717, 1.165) is 29.4 Å². The maximum atomic E-state index is 12.9. The van der Waals surface area contributed by atoms with Crippen LogP contribution in [0.1, 0.15) is 24.8 Å². The van der Waals surface area contributed by atoms with Gasteiger partial charge >= 0.3 is 5.97 Å². The molecule has 0 heterocycles. The molecule has 152 valence electrons. The Bertz CT molecular complexity index is 855. The van der Waals surface area contributed by atoms with Crippen LogP contribution in [-0.2, 0) is 11.2 Å².